The molecule has 0 aliphatic heterocycles. The van der Waals surface area contributed by atoms with Crippen LogP contribution in [0.5, 0.6) is 0 Å². The molecule has 3 heteroatoms. The minimum atomic E-state index is -0.756. The Morgan fingerprint density at radius 3 is 2.04 bits per heavy atom. The van der Waals surface area contributed by atoms with E-state index in [1.54, 1.807) is 0 Å². The molecule has 0 amide bonds. The third-order valence-electron chi connectivity index (χ3n) is 6.53. The third-order valence-corrected chi connectivity index (χ3v) is 7.40. The predicted octanol–water partition coefficient (Wildman–Crippen LogP) is 5.77. The summed E-state index contributed by atoms with van der Waals surface area (Å²) in [6, 6.07) is 20.0. The van der Waals surface area contributed by atoms with Gasteiger partial charge in [0.15, 0.2) is 11.6 Å². The van der Waals surface area contributed by atoms with E-state index in [2.05, 4.69) is 22.5 Å². The van der Waals surface area contributed by atoms with E-state index >= 15 is 0 Å². The smallest absolute Gasteiger partial charge is 0.175 e. The first-order valence-electron chi connectivity index (χ1n) is 9.70. The van der Waals surface area contributed by atoms with Gasteiger partial charge in [0.1, 0.15) is 0 Å². The van der Waals surface area contributed by atoms with Crippen LogP contribution in [-0.4, -0.2) is 11.6 Å². The summed E-state index contributed by atoms with van der Waals surface area (Å²) < 4.78 is 0.470. The van der Waals surface area contributed by atoms with Crippen molar-refractivity contribution in [2.24, 2.45) is 11.3 Å². The lowest BCUT2D eigenvalue weighted by Gasteiger charge is -2.24. The highest BCUT2D eigenvalue weighted by Gasteiger charge is 2.82. The Labute approximate surface area is 174 Å². The van der Waals surface area contributed by atoms with Gasteiger partial charge >= 0.3 is 0 Å². The second kappa shape index (κ2) is 6.97. The Morgan fingerprint density at radius 1 is 1.00 bits per heavy atom. The lowest BCUT2D eigenvalue weighted by atomic mass is 9.77. The molecule has 2 aromatic carbocycles. The van der Waals surface area contributed by atoms with E-state index in [1.165, 1.54) is 0 Å². The quantitative estimate of drug-likeness (QED) is 0.427. The fraction of sp³-hybridized carbons (Fsp3) is 0.280. The van der Waals surface area contributed by atoms with Crippen LogP contribution in [-0.2, 0) is 15.0 Å². The van der Waals surface area contributed by atoms with Gasteiger partial charge in [0.05, 0.1) is 15.8 Å². The molecule has 1 saturated carbocycles. The first-order valence-corrected chi connectivity index (χ1v) is 10.5. The van der Waals surface area contributed by atoms with E-state index in [0.29, 0.717) is 16.5 Å². The number of carbonyl (C=O) groups excluding carboxylic acids is 2. The summed E-state index contributed by atoms with van der Waals surface area (Å²) >= 11 is 3.48. The first-order chi connectivity index (χ1) is 13.5. The summed E-state index contributed by atoms with van der Waals surface area (Å²) in [5, 5.41) is 0. The number of benzene rings is 2. The van der Waals surface area contributed by atoms with Gasteiger partial charge in [-0.25, -0.2) is 0 Å². The largest absolute Gasteiger partial charge is 0.294 e. The second-order valence-electron chi connectivity index (χ2n) is 7.84. The number of hydrogen-bond acceptors (Lipinski definition) is 2. The molecule has 4 rings (SSSR count). The average Bonchev–Trinajstić information content (AvgIpc) is 3.33. The molecule has 0 saturated heterocycles. The van der Waals surface area contributed by atoms with Gasteiger partial charge in [0.2, 0.25) is 0 Å². The SMILES string of the molecule is C=CCCCC1=C(Br)C(=O)[C@H]2C(c3ccccc3)(c3ccccc3)[C@@]2(C)C1=O. The maximum Gasteiger partial charge on any atom is 0.175 e. The van der Waals surface area contributed by atoms with Crippen molar-refractivity contribution in [2.75, 3.05) is 0 Å². The lowest BCUT2D eigenvalue weighted by Crippen LogP contribution is -2.29. The molecule has 0 N–H and O–H groups in total. The Kier molecular flexibility index (Phi) is 4.75. The minimum Gasteiger partial charge on any atom is -0.294 e. The third kappa shape index (κ3) is 2.39. The van der Waals surface area contributed by atoms with Gasteiger partial charge in [-0.3, -0.25) is 9.59 Å². The molecule has 2 aliphatic rings. The molecule has 28 heavy (non-hydrogen) atoms. The van der Waals surface area contributed by atoms with E-state index < -0.39 is 10.8 Å². The molecule has 0 spiro atoms. The number of unbranched alkanes of at least 4 members (excludes halogenated alkanes) is 1. The van der Waals surface area contributed by atoms with E-state index in [4.69, 9.17) is 0 Å². The Bertz CT molecular complexity index is 935. The van der Waals surface area contributed by atoms with Gasteiger partial charge in [-0.2, -0.15) is 0 Å². The molecule has 0 heterocycles. The maximum absolute atomic E-state index is 13.7. The lowest BCUT2D eigenvalue weighted by molar-refractivity contribution is -0.125. The Morgan fingerprint density at radius 2 is 1.54 bits per heavy atom. The summed E-state index contributed by atoms with van der Waals surface area (Å²) in [5.74, 6) is -0.237. The molecule has 2 aliphatic carbocycles. The summed E-state index contributed by atoms with van der Waals surface area (Å²) in [4.78, 5) is 27.2. The monoisotopic (exact) mass is 434 g/mol. The van der Waals surface area contributed by atoms with Crippen molar-refractivity contribution in [3.63, 3.8) is 0 Å². The van der Waals surface area contributed by atoms with Gasteiger partial charge in [-0.05, 0) is 46.3 Å². The molecule has 2 nitrogen and oxygen atoms in total. The second-order valence-corrected chi connectivity index (χ2v) is 8.64. The van der Waals surface area contributed by atoms with Crippen molar-refractivity contribution in [1.29, 1.82) is 0 Å². The molecular formula is C25H23BrO2. The molecule has 2 atom stereocenters. The standard InChI is InChI=1S/C25H23BrO2/c1-3-4-7-16-19-20(26)21(27)22-24(2,23(19)28)25(22,17-12-8-5-9-13-17)18-14-10-6-11-15-18/h3,5-6,8-15,22H,1,4,7,16H2,2H3/t22-,24-/m1/s1. The van der Waals surface area contributed by atoms with Crippen molar-refractivity contribution in [1.82, 2.24) is 0 Å². The number of Topliss-reactive ketones (excluding diaryl/α,β-unsaturated/α-hetero) is 2. The molecule has 0 aromatic heterocycles. The maximum atomic E-state index is 13.7. The van der Waals surface area contributed by atoms with Crippen LogP contribution in [0.1, 0.15) is 37.3 Å². The average molecular weight is 435 g/mol. The van der Waals surface area contributed by atoms with Crippen LogP contribution < -0.4 is 0 Å². The van der Waals surface area contributed by atoms with Crippen LogP contribution in [0.15, 0.2) is 83.4 Å². The van der Waals surface area contributed by atoms with E-state index in [0.717, 1.165) is 24.0 Å². The van der Waals surface area contributed by atoms with Gasteiger partial charge in [-0.1, -0.05) is 73.7 Å². The van der Waals surface area contributed by atoms with E-state index in [9.17, 15) is 9.59 Å². The number of rotatable bonds is 6. The summed E-state index contributed by atoms with van der Waals surface area (Å²) in [6.45, 7) is 5.73. The zero-order valence-electron chi connectivity index (χ0n) is 16.0. The summed E-state index contributed by atoms with van der Waals surface area (Å²) in [6.07, 6.45) is 4.09. The van der Waals surface area contributed by atoms with Crippen LogP contribution in [0.4, 0.5) is 0 Å². The molecule has 1 fully saturated rings. The molecule has 2 aromatic rings. The Hall–Kier alpha value is -2.26. The van der Waals surface area contributed by atoms with Crippen molar-refractivity contribution in [3.05, 3.63) is 94.5 Å². The molecular weight excluding hydrogens is 412 g/mol. The van der Waals surface area contributed by atoms with Crippen molar-refractivity contribution in [3.8, 4) is 0 Å². The van der Waals surface area contributed by atoms with E-state index in [1.807, 2.05) is 73.7 Å². The van der Waals surface area contributed by atoms with Crippen LogP contribution in [0.2, 0.25) is 0 Å². The summed E-state index contributed by atoms with van der Waals surface area (Å²) in [5.41, 5.74) is 1.32. The fourth-order valence-corrected chi connectivity index (χ4v) is 5.83. The highest BCUT2D eigenvalue weighted by atomic mass is 79.9. The van der Waals surface area contributed by atoms with Gasteiger partial charge in [0.25, 0.3) is 0 Å². The number of halogens is 1. The van der Waals surface area contributed by atoms with Crippen molar-refractivity contribution in [2.45, 2.75) is 31.6 Å². The zero-order chi connectivity index (χ0) is 19.9. The topological polar surface area (TPSA) is 34.1 Å². The number of carbonyl (C=O) groups is 2. The predicted molar refractivity (Wildman–Crippen MR) is 115 cm³/mol. The van der Waals surface area contributed by atoms with E-state index in [-0.39, 0.29) is 17.5 Å². The number of fused-ring (bicyclic) bond motifs is 1. The normalized spacial score (nSPS) is 25.4. The number of allylic oxidation sites excluding steroid dienone is 3. The highest BCUT2D eigenvalue weighted by Crippen LogP contribution is 2.76. The molecule has 142 valence electrons. The van der Waals surface area contributed by atoms with Crippen LogP contribution in [0.3, 0.4) is 0 Å². The zero-order valence-corrected chi connectivity index (χ0v) is 17.5. The molecule has 0 bridgehead atoms. The van der Waals surface area contributed by atoms with Crippen molar-refractivity contribution >= 4 is 27.5 Å². The molecule has 0 radical (unpaired) electrons. The van der Waals surface area contributed by atoms with Crippen molar-refractivity contribution < 1.29 is 9.59 Å². The Balaban J connectivity index is 1.88. The van der Waals surface area contributed by atoms with Crippen LogP contribution in [0, 0.1) is 11.3 Å². The van der Waals surface area contributed by atoms with Gasteiger partial charge in [-0.15, -0.1) is 6.58 Å². The van der Waals surface area contributed by atoms with Gasteiger partial charge < -0.3 is 0 Å². The number of ketones is 2. The van der Waals surface area contributed by atoms with Gasteiger partial charge in [0, 0.05) is 11.0 Å². The van der Waals surface area contributed by atoms with Crippen LogP contribution >= 0.6 is 15.9 Å². The summed E-state index contributed by atoms with van der Waals surface area (Å²) in [7, 11) is 0. The molecule has 0 unspecified atom stereocenters. The first kappa shape index (κ1) is 19.1. The minimum absolute atomic E-state index is 0.0448. The highest BCUT2D eigenvalue weighted by molar-refractivity contribution is 9.12. The fourth-order valence-electron chi connectivity index (χ4n) is 5.22. The number of hydrogen-bond donors (Lipinski definition) is 0. The van der Waals surface area contributed by atoms with Crippen LogP contribution in [0.25, 0.3) is 0 Å².